The summed E-state index contributed by atoms with van der Waals surface area (Å²) in [6, 6.07) is 21.1. The number of amidine groups is 1. The summed E-state index contributed by atoms with van der Waals surface area (Å²) in [5.41, 5.74) is 1.62. The lowest BCUT2D eigenvalue weighted by molar-refractivity contribution is 0.205. The molecule has 0 aromatic heterocycles. The molecule has 3 aromatic rings. The maximum atomic E-state index is 13.5. The minimum absolute atomic E-state index is 0.0343. The van der Waals surface area contributed by atoms with Crippen molar-refractivity contribution in [1.82, 2.24) is 9.21 Å². The van der Waals surface area contributed by atoms with Gasteiger partial charge in [0.05, 0.1) is 23.1 Å². The fourth-order valence-corrected chi connectivity index (χ4v) is 6.23. The fourth-order valence-electron chi connectivity index (χ4n) is 4.47. The second-order valence-electron chi connectivity index (χ2n) is 8.39. The fraction of sp³-hybridized carbons (Fsp3) is 0.231. The van der Waals surface area contributed by atoms with E-state index in [1.807, 2.05) is 55.5 Å². The lowest BCUT2D eigenvalue weighted by Gasteiger charge is -2.40. The van der Waals surface area contributed by atoms with Crippen LogP contribution < -0.4 is 9.47 Å². The SMILES string of the molecule is COc1ccc2c(c1)C(N1CCN(S(=O)(=O)c3ccccc3C#N)C(C)C1)=Nc1ccccc1O2. The van der Waals surface area contributed by atoms with Crippen molar-refractivity contribution in [2.75, 3.05) is 26.7 Å². The number of sulfonamides is 1. The third-order valence-corrected chi connectivity index (χ3v) is 8.27. The minimum Gasteiger partial charge on any atom is -0.497 e. The number of hydrogen-bond donors (Lipinski definition) is 0. The van der Waals surface area contributed by atoms with Gasteiger partial charge in [-0.3, -0.25) is 0 Å². The average Bonchev–Trinajstić information content (AvgIpc) is 3.04. The number of aliphatic imine (C=N–C) groups is 1. The molecule has 2 heterocycles. The number of nitrogens with zero attached hydrogens (tertiary/aromatic N) is 4. The van der Waals surface area contributed by atoms with E-state index < -0.39 is 10.0 Å². The number of benzene rings is 3. The normalized spacial score (nSPS) is 17.8. The molecule has 1 fully saturated rings. The smallest absolute Gasteiger partial charge is 0.244 e. The highest BCUT2D eigenvalue weighted by Gasteiger charge is 2.37. The molecule has 1 saturated heterocycles. The van der Waals surface area contributed by atoms with Crippen molar-refractivity contribution in [2.24, 2.45) is 4.99 Å². The summed E-state index contributed by atoms with van der Waals surface area (Å²) < 4.78 is 40.0. The molecule has 178 valence electrons. The first-order valence-electron chi connectivity index (χ1n) is 11.2. The van der Waals surface area contributed by atoms with E-state index in [0.29, 0.717) is 41.9 Å². The van der Waals surface area contributed by atoms with Crippen molar-refractivity contribution in [3.63, 3.8) is 0 Å². The Hall–Kier alpha value is -3.87. The van der Waals surface area contributed by atoms with Gasteiger partial charge in [-0.15, -0.1) is 0 Å². The lowest BCUT2D eigenvalue weighted by Crippen LogP contribution is -2.55. The van der Waals surface area contributed by atoms with Crippen molar-refractivity contribution >= 4 is 21.5 Å². The van der Waals surface area contributed by atoms with Crippen LogP contribution in [0.1, 0.15) is 18.1 Å². The maximum Gasteiger partial charge on any atom is 0.244 e. The van der Waals surface area contributed by atoms with Crippen molar-refractivity contribution in [3.05, 3.63) is 77.9 Å². The van der Waals surface area contributed by atoms with Gasteiger partial charge in [-0.05, 0) is 49.4 Å². The molecule has 0 spiro atoms. The van der Waals surface area contributed by atoms with E-state index in [1.54, 1.807) is 19.2 Å². The molecule has 0 amide bonds. The molecule has 1 atom stereocenters. The quantitative estimate of drug-likeness (QED) is 0.550. The van der Waals surface area contributed by atoms with Crippen LogP contribution in [0.3, 0.4) is 0 Å². The molecule has 8 nitrogen and oxygen atoms in total. The summed E-state index contributed by atoms with van der Waals surface area (Å²) in [6.45, 7) is 2.97. The van der Waals surface area contributed by atoms with Gasteiger partial charge < -0.3 is 14.4 Å². The highest BCUT2D eigenvalue weighted by molar-refractivity contribution is 7.89. The number of methoxy groups -OCH3 is 1. The van der Waals surface area contributed by atoms with E-state index in [2.05, 4.69) is 4.90 Å². The Morgan fingerprint density at radius 2 is 1.83 bits per heavy atom. The molecule has 0 aliphatic carbocycles. The second-order valence-corrected chi connectivity index (χ2v) is 10.2. The molecule has 0 radical (unpaired) electrons. The molecule has 2 aliphatic heterocycles. The summed E-state index contributed by atoms with van der Waals surface area (Å²) in [7, 11) is -2.23. The van der Waals surface area contributed by atoms with Crippen molar-refractivity contribution in [2.45, 2.75) is 17.9 Å². The summed E-state index contributed by atoms with van der Waals surface area (Å²) in [4.78, 5) is 7.05. The van der Waals surface area contributed by atoms with Crippen LogP contribution in [-0.4, -0.2) is 56.2 Å². The Labute approximate surface area is 204 Å². The predicted octanol–water partition coefficient (Wildman–Crippen LogP) is 4.15. The van der Waals surface area contributed by atoms with Crippen LogP contribution in [0.5, 0.6) is 17.2 Å². The largest absolute Gasteiger partial charge is 0.497 e. The standard InChI is InChI=1S/C26H24N4O4S/c1-18-17-29(13-14-30(18)35(31,32)25-10-6-3-7-19(25)16-27)26-21-15-20(33-2)11-12-23(21)34-24-9-5-4-8-22(24)28-26/h3-12,15,18H,13-14,17H2,1-2H3. The highest BCUT2D eigenvalue weighted by Crippen LogP contribution is 2.39. The monoisotopic (exact) mass is 488 g/mol. The molecular weight excluding hydrogens is 464 g/mol. The Kier molecular flexibility index (Phi) is 5.93. The Balaban J connectivity index is 1.50. The van der Waals surface area contributed by atoms with Crippen LogP contribution in [0.2, 0.25) is 0 Å². The van der Waals surface area contributed by atoms with Crippen LogP contribution in [0.25, 0.3) is 0 Å². The second kappa shape index (κ2) is 9.06. The van der Waals surface area contributed by atoms with E-state index in [0.717, 1.165) is 5.56 Å². The van der Waals surface area contributed by atoms with Gasteiger partial charge in [0.15, 0.2) is 5.75 Å². The zero-order valence-electron chi connectivity index (χ0n) is 19.4. The predicted molar refractivity (Wildman–Crippen MR) is 132 cm³/mol. The van der Waals surface area contributed by atoms with Gasteiger partial charge in [0.2, 0.25) is 10.0 Å². The minimum atomic E-state index is -3.84. The van der Waals surface area contributed by atoms with Crippen molar-refractivity contribution in [3.8, 4) is 23.3 Å². The molecule has 9 heteroatoms. The summed E-state index contributed by atoms with van der Waals surface area (Å²) in [5, 5.41) is 9.42. The molecule has 35 heavy (non-hydrogen) atoms. The van der Waals surface area contributed by atoms with E-state index in [4.69, 9.17) is 14.5 Å². The van der Waals surface area contributed by atoms with Gasteiger partial charge in [-0.1, -0.05) is 24.3 Å². The summed E-state index contributed by atoms with van der Waals surface area (Å²) in [6.07, 6.45) is 0. The van der Waals surface area contributed by atoms with Gasteiger partial charge in [0.1, 0.15) is 29.1 Å². The zero-order valence-corrected chi connectivity index (χ0v) is 20.2. The number of nitriles is 1. The molecular formula is C26H24N4O4S. The molecule has 2 aliphatic rings. The summed E-state index contributed by atoms with van der Waals surface area (Å²) in [5.74, 6) is 2.68. The molecule has 5 rings (SSSR count). The van der Waals surface area contributed by atoms with Crippen LogP contribution in [0.4, 0.5) is 5.69 Å². The third kappa shape index (κ3) is 4.11. The van der Waals surface area contributed by atoms with E-state index in [9.17, 15) is 13.7 Å². The van der Waals surface area contributed by atoms with Crippen molar-refractivity contribution in [1.29, 1.82) is 5.26 Å². The molecule has 3 aromatic carbocycles. The number of rotatable bonds is 3. The Morgan fingerprint density at radius 3 is 2.60 bits per heavy atom. The van der Waals surface area contributed by atoms with Crippen LogP contribution in [0, 0.1) is 11.3 Å². The first kappa shape index (κ1) is 22.9. The Morgan fingerprint density at radius 1 is 1.06 bits per heavy atom. The highest BCUT2D eigenvalue weighted by atomic mass is 32.2. The molecule has 1 unspecified atom stereocenters. The number of fused-ring (bicyclic) bond motifs is 2. The third-order valence-electron chi connectivity index (χ3n) is 6.20. The Bertz CT molecular complexity index is 1460. The van der Waals surface area contributed by atoms with Crippen LogP contribution in [0.15, 0.2) is 76.6 Å². The van der Waals surface area contributed by atoms with Gasteiger partial charge in [0, 0.05) is 25.7 Å². The van der Waals surface area contributed by atoms with Gasteiger partial charge >= 0.3 is 0 Å². The number of hydrogen-bond acceptors (Lipinski definition) is 7. The number of ether oxygens (including phenoxy) is 2. The number of piperazine rings is 1. The average molecular weight is 489 g/mol. The lowest BCUT2D eigenvalue weighted by atomic mass is 10.1. The molecule has 0 saturated carbocycles. The van der Waals surface area contributed by atoms with Crippen LogP contribution in [-0.2, 0) is 10.0 Å². The number of para-hydroxylation sites is 2. The first-order valence-corrected chi connectivity index (χ1v) is 12.7. The molecule has 0 bridgehead atoms. The first-order chi connectivity index (χ1) is 16.9. The maximum absolute atomic E-state index is 13.5. The van der Waals surface area contributed by atoms with Gasteiger partial charge in [0.25, 0.3) is 0 Å². The van der Waals surface area contributed by atoms with Crippen molar-refractivity contribution < 1.29 is 17.9 Å². The van der Waals surface area contributed by atoms with Gasteiger partial charge in [-0.25, -0.2) is 13.4 Å². The molecule has 0 N–H and O–H groups in total. The van der Waals surface area contributed by atoms with Crippen LogP contribution >= 0.6 is 0 Å². The zero-order chi connectivity index (χ0) is 24.6. The van der Waals surface area contributed by atoms with E-state index in [-0.39, 0.29) is 23.0 Å². The van der Waals surface area contributed by atoms with E-state index in [1.165, 1.54) is 16.4 Å². The summed E-state index contributed by atoms with van der Waals surface area (Å²) >= 11 is 0. The topological polar surface area (TPSA) is 95.2 Å². The van der Waals surface area contributed by atoms with E-state index >= 15 is 0 Å². The van der Waals surface area contributed by atoms with Gasteiger partial charge in [-0.2, -0.15) is 9.57 Å².